The van der Waals surface area contributed by atoms with Gasteiger partial charge >= 0.3 is 6.09 Å². The van der Waals surface area contributed by atoms with Gasteiger partial charge in [-0.1, -0.05) is 32.6 Å². The van der Waals surface area contributed by atoms with Gasteiger partial charge in [-0.05, 0) is 32.7 Å². The fourth-order valence-corrected chi connectivity index (χ4v) is 2.52. The predicted octanol–water partition coefficient (Wildman–Crippen LogP) is 3.17. The van der Waals surface area contributed by atoms with Crippen molar-refractivity contribution >= 4 is 6.09 Å². The molecule has 1 N–H and O–H groups in total. The Hall–Kier alpha value is -0.770. The summed E-state index contributed by atoms with van der Waals surface area (Å²) in [6, 6.07) is 0.580. The number of unbranched alkanes of at least 4 members (excludes halogenated alkanes) is 4. The minimum atomic E-state index is -0.152. The molecule has 0 bridgehead atoms. The van der Waals surface area contributed by atoms with Crippen LogP contribution in [0.15, 0.2) is 0 Å². The Bertz CT molecular complexity index is 238. The van der Waals surface area contributed by atoms with Crippen LogP contribution in [0.5, 0.6) is 0 Å². The quantitative estimate of drug-likeness (QED) is 0.689. The summed E-state index contributed by atoms with van der Waals surface area (Å²) >= 11 is 0. The van der Waals surface area contributed by atoms with Gasteiger partial charge < -0.3 is 15.0 Å². The van der Waals surface area contributed by atoms with E-state index in [0.29, 0.717) is 12.6 Å². The smallest absolute Gasteiger partial charge is 0.409 e. The van der Waals surface area contributed by atoms with Gasteiger partial charge in [0.2, 0.25) is 0 Å². The average molecular weight is 270 g/mol. The molecule has 1 fully saturated rings. The number of rotatable bonds is 8. The molecule has 0 atom stereocenters. The van der Waals surface area contributed by atoms with E-state index in [2.05, 4.69) is 12.2 Å². The first-order valence-corrected chi connectivity index (χ1v) is 7.93. The zero-order chi connectivity index (χ0) is 13.9. The Morgan fingerprint density at radius 3 is 2.47 bits per heavy atom. The molecule has 0 aliphatic carbocycles. The minimum absolute atomic E-state index is 0.152. The van der Waals surface area contributed by atoms with Crippen LogP contribution >= 0.6 is 0 Å². The van der Waals surface area contributed by atoms with Crippen molar-refractivity contribution in [1.29, 1.82) is 0 Å². The van der Waals surface area contributed by atoms with Gasteiger partial charge in [0.15, 0.2) is 0 Å². The number of likely N-dealkylation sites (tertiary alicyclic amines) is 1. The first-order valence-electron chi connectivity index (χ1n) is 7.93. The van der Waals surface area contributed by atoms with Gasteiger partial charge in [0.1, 0.15) is 0 Å². The number of carbonyl (C=O) groups is 1. The van der Waals surface area contributed by atoms with Crippen molar-refractivity contribution in [3.05, 3.63) is 0 Å². The summed E-state index contributed by atoms with van der Waals surface area (Å²) in [4.78, 5) is 13.4. The van der Waals surface area contributed by atoms with Crippen LogP contribution in [0.3, 0.4) is 0 Å². The predicted molar refractivity (Wildman–Crippen MR) is 78.4 cm³/mol. The lowest BCUT2D eigenvalue weighted by Gasteiger charge is -2.31. The van der Waals surface area contributed by atoms with Crippen LogP contribution in [0.2, 0.25) is 0 Å². The van der Waals surface area contributed by atoms with E-state index in [1.807, 2.05) is 11.8 Å². The Morgan fingerprint density at radius 1 is 1.16 bits per heavy atom. The Labute approximate surface area is 117 Å². The van der Waals surface area contributed by atoms with Crippen LogP contribution in [0.1, 0.15) is 58.8 Å². The zero-order valence-corrected chi connectivity index (χ0v) is 12.6. The van der Waals surface area contributed by atoms with E-state index in [-0.39, 0.29) is 6.09 Å². The van der Waals surface area contributed by atoms with E-state index < -0.39 is 0 Å². The number of hydrogen-bond acceptors (Lipinski definition) is 3. The standard InChI is InChI=1S/C15H30N2O2/c1-3-5-6-7-8-11-16-14-9-12-17(13-10-14)15(18)19-4-2/h14,16H,3-13H2,1-2H3. The van der Waals surface area contributed by atoms with Crippen LogP contribution in [0.25, 0.3) is 0 Å². The molecule has 0 radical (unpaired) electrons. The van der Waals surface area contributed by atoms with Crippen molar-refractivity contribution in [3.8, 4) is 0 Å². The van der Waals surface area contributed by atoms with Crippen LogP contribution in [0.4, 0.5) is 4.79 Å². The molecule has 1 heterocycles. The summed E-state index contributed by atoms with van der Waals surface area (Å²) in [6.07, 6.45) is 8.58. The van der Waals surface area contributed by atoms with Gasteiger partial charge in [-0.3, -0.25) is 0 Å². The second kappa shape index (κ2) is 10.1. The van der Waals surface area contributed by atoms with Crippen LogP contribution in [-0.4, -0.2) is 43.3 Å². The number of carbonyl (C=O) groups excluding carboxylic acids is 1. The third-order valence-electron chi connectivity index (χ3n) is 3.73. The number of nitrogens with zero attached hydrogens (tertiary/aromatic N) is 1. The summed E-state index contributed by atoms with van der Waals surface area (Å²) in [6.45, 7) is 7.33. The van der Waals surface area contributed by atoms with Gasteiger partial charge in [-0.15, -0.1) is 0 Å². The van der Waals surface area contributed by atoms with E-state index in [1.54, 1.807) is 0 Å². The number of hydrogen-bond donors (Lipinski definition) is 1. The lowest BCUT2D eigenvalue weighted by atomic mass is 10.1. The molecule has 0 saturated carbocycles. The van der Waals surface area contributed by atoms with Crippen molar-refractivity contribution in [2.75, 3.05) is 26.2 Å². The molecule has 1 saturated heterocycles. The maximum Gasteiger partial charge on any atom is 0.409 e. The SMILES string of the molecule is CCCCCCCNC1CCN(C(=O)OCC)CC1. The lowest BCUT2D eigenvalue weighted by molar-refractivity contribution is 0.0951. The monoisotopic (exact) mass is 270 g/mol. The summed E-state index contributed by atoms with van der Waals surface area (Å²) < 4.78 is 5.02. The largest absolute Gasteiger partial charge is 0.450 e. The van der Waals surface area contributed by atoms with Gasteiger partial charge in [-0.2, -0.15) is 0 Å². The summed E-state index contributed by atoms with van der Waals surface area (Å²) in [5.41, 5.74) is 0. The van der Waals surface area contributed by atoms with Gasteiger partial charge in [0.25, 0.3) is 0 Å². The van der Waals surface area contributed by atoms with Crippen LogP contribution in [0, 0.1) is 0 Å². The fraction of sp³-hybridized carbons (Fsp3) is 0.933. The highest BCUT2D eigenvalue weighted by molar-refractivity contribution is 5.67. The highest BCUT2D eigenvalue weighted by Gasteiger charge is 2.22. The van der Waals surface area contributed by atoms with E-state index in [9.17, 15) is 4.79 Å². The number of ether oxygens (including phenoxy) is 1. The van der Waals surface area contributed by atoms with Crippen molar-refractivity contribution in [1.82, 2.24) is 10.2 Å². The molecular formula is C15H30N2O2. The molecule has 1 amide bonds. The van der Waals surface area contributed by atoms with Gasteiger partial charge in [0, 0.05) is 19.1 Å². The minimum Gasteiger partial charge on any atom is -0.450 e. The molecule has 0 aromatic rings. The molecule has 19 heavy (non-hydrogen) atoms. The third-order valence-corrected chi connectivity index (χ3v) is 3.73. The molecule has 4 heteroatoms. The van der Waals surface area contributed by atoms with Crippen LogP contribution in [-0.2, 0) is 4.74 Å². The molecule has 0 spiro atoms. The van der Waals surface area contributed by atoms with Crippen molar-refractivity contribution in [3.63, 3.8) is 0 Å². The number of amides is 1. The topological polar surface area (TPSA) is 41.6 Å². The Kier molecular flexibility index (Phi) is 8.63. The normalized spacial score (nSPS) is 16.6. The first-order chi connectivity index (χ1) is 9.27. The van der Waals surface area contributed by atoms with Crippen molar-refractivity contribution in [2.45, 2.75) is 64.8 Å². The highest BCUT2D eigenvalue weighted by Crippen LogP contribution is 2.11. The molecule has 112 valence electrons. The van der Waals surface area contributed by atoms with E-state index in [1.165, 1.54) is 32.1 Å². The molecule has 1 aliphatic heterocycles. The maximum absolute atomic E-state index is 11.5. The molecule has 0 unspecified atom stereocenters. The van der Waals surface area contributed by atoms with E-state index >= 15 is 0 Å². The second-order valence-electron chi connectivity index (χ2n) is 5.33. The molecule has 0 aromatic carbocycles. The van der Waals surface area contributed by atoms with E-state index in [4.69, 9.17) is 4.74 Å². The average Bonchev–Trinajstić information content (AvgIpc) is 2.43. The molecule has 1 aliphatic rings. The van der Waals surface area contributed by atoms with Gasteiger partial charge in [0.05, 0.1) is 6.61 Å². The number of nitrogens with one attached hydrogen (secondary N) is 1. The summed E-state index contributed by atoms with van der Waals surface area (Å²) in [5, 5.41) is 3.61. The third kappa shape index (κ3) is 6.81. The Balaban J connectivity index is 2.02. The molecule has 0 aromatic heterocycles. The first kappa shape index (κ1) is 16.3. The highest BCUT2D eigenvalue weighted by atomic mass is 16.6. The van der Waals surface area contributed by atoms with E-state index in [0.717, 1.165) is 32.5 Å². The van der Waals surface area contributed by atoms with Crippen molar-refractivity contribution < 1.29 is 9.53 Å². The van der Waals surface area contributed by atoms with Gasteiger partial charge in [-0.25, -0.2) is 4.79 Å². The number of piperidine rings is 1. The fourth-order valence-electron chi connectivity index (χ4n) is 2.52. The summed E-state index contributed by atoms with van der Waals surface area (Å²) in [5.74, 6) is 0. The maximum atomic E-state index is 11.5. The van der Waals surface area contributed by atoms with Crippen LogP contribution < -0.4 is 5.32 Å². The lowest BCUT2D eigenvalue weighted by Crippen LogP contribution is -2.45. The molecular weight excluding hydrogens is 240 g/mol. The van der Waals surface area contributed by atoms with Crippen molar-refractivity contribution in [2.24, 2.45) is 0 Å². The Morgan fingerprint density at radius 2 is 1.84 bits per heavy atom. The molecule has 1 rings (SSSR count). The summed E-state index contributed by atoms with van der Waals surface area (Å²) in [7, 11) is 0. The zero-order valence-electron chi connectivity index (χ0n) is 12.6. The molecule has 4 nitrogen and oxygen atoms in total. The second-order valence-corrected chi connectivity index (χ2v) is 5.33.